The SMILES string of the molecule is COc1ccc(S(=O)(=O)N2CCOC(C)C2)cc1Cl. The van der Waals surface area contributed by atoms with Gasteiger partial charge < -0.3 is 9.47 Å². The van der Waals surface area contributed by atoms with E-state index in [4.69, 9.17) is 21.1 Å². The third-order valence-electron chi connectivity index (χ3n) is 2.96. The van der Waals surface area contributed by atoms with E-state index in [-0.39, 0.29) is 16.0 Å². The van der Waals surface area contributed by atoms with E-state index in [9.17, 15) is 8.42 Å². The zero-order chi connectivity index (χ0) is 14.0. The van der Waals surface area contributed by atoms with Crippen LogP contribution in [0.5, 0.6) is 5.75 Å². The highest BCUT2D eigenvalue weighted by molar-refractivity contribution is 7.89. The van der Waals surface area contributed by atoms with Gasteiger partial charge in [-0.15, -0.1) is 0 Å². The smallest absolute Gasteiger partial charge is 0.243 e. The first-order valence-corrected chi connectivity index (χ1v) is 7.72. The van der Waals surface area contributed by atoms with Crippen molar-refractivity contribution in [3.8, 4) is 5.75 Å². The maximum absolute atomic E-state index is 12.5. The van der Waals surface area contributed by atoms with Crippen LogP contribution in [0.4, 0.5) is 0 Å². The van der Waals surface area contributed by atoms with Crippen LogP contribution in [-0.2, 0) is 14.8 Å². The quantitative estimate of drug-likeness (QED) is 0.854. The number of hydrogen-bond donors (Lipinski definition) is 0. The molecule has 0 saturated carbocycles. The van der Waals surface area contributed by atoms with E-state index in [2.05, 4.69) is 0 Å². The Morgan fingerprint density at radius 3 is 2.79 bits per heavy atom. The van der Waals surface area contributed by atoms with Crippen molar-refractivity contribution >= 4 is 21.6 Å². The standard InChI is InChI=1S/C12H16ClNO4S/c1-9-8-14(5-6-18-9)19(15,16)10-3-4-12(17-2)11(13)7-10/h3-4,7,9H,5-6,8H2,1-2H3. The largest absolute Gasteiger partial charge is 0.495 e. The third kappa shape index (κ3) is 3.02. The van der Waals surface area contributed by atoms with Crippen LogP contribution in [0.25, 0.3) is 0 Å². The fourth-order valence-corrected chi connectivity index (χ4v) is 3.81. The van der Waals surface area contributed by atoms with Gasteiger partial charge in [0.25, 0.3) is 0 Å². The van der Waals surface area contributed by atoms with Gasteiger partial charge in [-0.3, -0.25) is 0 Å². The monoisotopic (exact) mass is 305 g/mol. The van der Waals surface area contributed by atoms with Crippen LogP contribution in [0.2, 0.25) is 5.02 Å². The van der Waals surface area contributed by atoms with Gasteiger partial charge in [0.1, 0.15) is 5.75 Å². The minimum atomic E-state index is -3.53. The Morgan fingerprint density at radius 2 is 2.21 bits per heavy atom. The Kier molecular flexibility index (Phi) is 4.35. The predicted molar refractivity (Wildman–Crippen MR) is 72.2 cm³/mol. The Bertz CT molecular complexity index is 561. The average molecular weight is 306 g/mol. The number of hydrogen-bond acceptors (Lipinski definition) is 4. The molecule has 1 heterocycles. The summed E-state index contributed by atoms with van der Waals surface area (Å²) in [4.78, 5) is 0.174. The molecule has 106 valence electrons. The second-order valence-electron chi connectivity index (χ2n) is 4.34. The first-order chi connectivity index (χ1) is 8.95. The fourth-order valence-electron chi connectivity index (χ4n) is 1.96. The molecule has 0 amide bonds. The van der Waals surface area contributed by atoms with Gasteiger partial charge in [-0.2, -0.15) is 4.31 Å². The summed E-state index contributed by atoms with van der Waals surface area (Å²) in [5, 5.41) is 0.282. The molecule has 1 aromatic rings. The Balaban J connectivity index is 2.31. The molecule has 1 aromatic carbocycles. The molecule has 7 heteroatoms. The summed E-state index contributed by atoms with van der Waals surface area (Å²) in [7, 11) is -2.04. The predicted octanol–water partition coefficient (Wildman–Crippen LogP) is 1.76. The number of halogens is 1. The molecule has 1 saturated heterocycles. The van der Waals surface area contributed by atoms with E-state index >= 15 is 0 Å². The molecular weight excluding hydrogens is 290 g/mol. The number of ether oxygens (including phenoxy) is 2. The number of rotatable bonds is 3. The maximum atomic E-state index is 12.5. The molecule has 5 nitrogen and oxygen atoms in total. The van der Waals surface area contributed by atoms with Gasteiger partial charge in [0, 0.05) is 13.1 Å². The van der Waals surface area contributed by atoms with Crippen LogP contribution in [-0.4, -0.2) is 45.6 Å². The van der Waals surface area contributed by atoms with E-state index in [0.29, 0.717) is 25.4 Å². The van der Waals surface area contributed by atoms with Crippen LogP contribution < -0.4 is 4.74 Å². The molecule has 0 radical (unpaired) electrons. The molecule has 0 bridgehead atoms. The molecule has 1 atom stereocenters. The highest BCUT2D eigenvalue weighted by Crippen LogP contribution is 2.28. The first kappa shape index (κ1) is 14.6. The van der Waals surface area contributed by atoms with Crippen molar-refractivity contribution in [2.75, 3.05) is 26.8 Å². The molecule has 1 fully saturated rings. The van der Waals surface area contributed by atoms with E-state index in [1.165, 1.54) is 23.5 Å². The average Bonchev–Trinajstić information content (AvgIpc) is 2.38. The zero-order valence-electron chi connectivity index (χ0n) is 10.8. The maximum Gasteiger partial charge on any atom is 0.243 e. The van der Waals surface area contributed by atoms with E-state index in [1.807, 2.05) is 6.92 Å². The van der Waals surface area contributed by atoms with Gasteiger partial charge in [0.15, 0.2) is 0 Å². The zero-order valence-corrected chi connectivity index (χ0v) is 12.4. The van der Waals surface area contributed by atoms with Crippen molar-refractivity contribution in [2.24, 2.45) is 0 Å². The van der Waals surface area contributed by atoms with Crippen LogP contribution in [0.15, 0.2) is 23.1 Å². The second kappa shape index (κ2) is 5.66. The molecule has 2 rings (SSSR count). The second-order valence-corrected chi connectivity index (χ2v) is 6.69. The molecule has 0 aromatic heterocycles. The number of sulfonamides is 1. The normalized spacial score (nSPS) is 21.3. The molecule has 0 spiro atoms. The summed E-state index contributed by atoms with van der Waals surface area (Å²) in [5.41, 5.74) is 0. The van der Waals surface area contributed by atoms with Gasteiger partial charge in [-0.25, -0.2) is 8.42 Å². The lowest BCUT2D eigenvalue weighted by atomic mass is 10.3. The van der Waals surface area contributed by atoms with E-state index in [0.717, 1.165) is 0 Å². The lowest BCUT2D eigenvalue weighted by molar-refractivity contribution is 0.0102. The lowest BCUT2D eigenvalue weighted by Gasteiger charge is -2.30. The van der Waals surface area contributed by atoms with E-state index in [1.54, 1.807) is 6.07 Å². The van der Waals surface area contributed by atoms with Gasteiger partial charge in [-0.05, 0) is 25.1 Å². The minimum absolute atomic E-state index is 0.0998. The Hall–Kier alpha value is -0.820. The summed E-state index contributed by atoms with van der Waals surface area (Å²) in [6, 6.07) is 4.47. The minimum Gasteiger partial charge on any atom is -0.495 e. The topological polar surface area (TPSA) is 55.8 Å². The number of morpholine rings is 1. The molecule has 1 aliphatic heterocycles. The summed E-state index contributed by atoms with van der Waals surface area (Å²) in [6.45, 7) is 2.97. The molecular formula is C12H16ClNO4S. The van der Waals surface area contributed by atoms with Crippen molar-refractivity contribution in [3.05, 3.63) is 23.2 Å². The number of benzene rings is 1. The Labute approximate surface area is 118 Å². The van der Waals surface area contributed by atoms with Crippen molar-refractivity contribution in [1.29, 1.82) is 0 Å². The van der Waals surface area contributed by atoms with Crippen molar-refractivity contribution in [3.63, 3.8) is 0 Å². The number of methoxy groups -OCH3 is 1. The fraction of sp³-hybridized carbons (Fsp3) is 0.500. The highest BCUT2D eigenvalue weighted by atomic mass is 35.5. The van der Waals surface area contributed by atoms with Crippen LogP contribution in [0.1, 0.15) is 6.92 Å². The van der Waals surface area contributed by atoms with Gasteiger partial charge in [0.05, 0.1) is 29.7 Å². The number of nitrogens with zero attached hydrogens (tertiary/aromatic N) is 1. The van der Waals surface area contributed by atoms with Crippen molar-refractivity contribution < 1.29 is 17.9 Å². The Morgan fingerprint density at radius 1 is 1.47 bits per heavy atom. The molecule has 19 heavy (non-hydrogen) atoms. The van der Waals surface area contributed by atoms with Crippen molar-refractivity contribution in [2.45, 2.75) is 17.9 Å². The lowest BCUT2D eigenvalue weighted by Crippen LogP contribution is -2.44. The van der Waals surface area contributed by atoms with E-state index < -0.39 is 10.0 Å². The van der Waals surface area contributed by atoms with Gasteiger partial charge >= 0.3 is 0 Å². The third-order valence-corrected chi connectivity index (χ3v) is 5.12. The highest BCUT2D eigenvalue weighted by Gasteiger charge is 2.29. The van der Waals surface area contributed by atoms with Crippen LogP contribution in [0.3, 0.4) is 0 Å². The molecule has 0 N–H and O–H groups in total. The molecule has 1 aliphatic rings. The van der Waals surface area contributed by atoms with Gasteiger partial charge in [0.2, 0.25) is 10.0 Å². The first-order valence-electron chi connectivity index (χ1n) is 5.90. The van der Waals surface area contributed by atoms with Crippen LogP contribution in [0, 0.1) is 0 Å². The summed E-state index contributed by atoms with van der Waals surface area (Å²) >= 11 is 5.97. The summed E-state index contributed by atoms with van der Waals surface area (Å²) in [5.74, 6) is 0.455. The summed E-state index contributed by atoms with van der Waals surface area (Å²) in [6.07, 6.45) is -0.0998. The van der Waals surface area contributed by atoms with Crippen LogP contribution >= 0.6 is 11.6 Å². The van der Waals surface area contributed by atoms with Gasteiger partial charge in [-0.1, -0.05) is 11.6 Å². The summed E-state index contributed by atoms with van der Waals surface area (Å²) < 4.78 is 36.7. The molecule has 1 unspecified atom stereocenters. The molecule has 0 aliphatic carbocycles. The van der Waals surface area contributed by atoms with Crippen molar-refractivity contribution in [1.82, 2.24) is 4.31 Å².